The van der Waals surface area contributed by atoms with Gasteiger partial charge in [-0.2, -0.15) is 0 Å². The zero-order valence-corrected chi connectivity index (χ0v) is 9.86. The molecule has 3 amide bonds. The third kappa shape index (κ3) is 3.63. The SMILES string of the molecule is NC(=O)NC(=O)COC(=O)c1c(N)cccc1Cl. The number of esters is 1. The summed E-state index contributed by atoms with van der Waals surface area (Å²) in [6.45, 7) is -0.660. The molecule has 0 atom stereocenters. The minimum Gasteiger partial charge on any atom is -0.452 e. The normalized spacial score (nSPS) is 9.61. The second kappa shape index (κ2) is 5.87. The molecule has 0 aliphatic heterocycles. The lowest BCUT2D eigenvalue weighted by Gasteiger charge is -2.07. The van der Waals surface area contributed by atoms with E-state index >= 15 is 0 Å². The number of imide groups is 1. The summed E-state index contributed by atoms with van der Waals surface area (Å²) >= 11 is 5.77. The maximum Gasteiger partial charge on any atom is 0.342 e. The van der Waals surface area contributed by atoms with E-state index in [1.807, 2.05) is 0 Å². The molecule has 0 aliphatic rings. The lowest BCUT2D eigenvalue weighted by molar-refractivity contribution is -0.123. The Hall–Kier alpha value is -2.28. The third-order valence-electron chi connectivity index (χ3n) is 1.85. The number of rotatable bonds is 3. The van der Waals surface area contributed by atoms with Crippen LogP contribution in [-0.2, 0) is 9.53 Å². The fourth-order valence-corrected chi connectivity index (χ4v) is 1.39. The first-order valence-electron chi connectivity index (χ1n) is 4.72. The van der Waals surface area contributed by atoms with E-state index in [0.29, 0.717) is 0 Å². The fraction of sp³-hybridized carbons (Fsp3) is 0.100. The van der Waals surface area contributed by atoms with Crippen LogP contribution in [0.2, 0.25) is 5.02 Å². The molecule has 0 heterocycles. The van der Waals surface area contributed by atoms with Gasteiger partial charge in [0.1, 0.15) is 5.56 Å². The van der Waals surface area contributed by atoms with Crippen LogP contribution < -0.4 is 16.8 Å². The van der Waals surface area contributed by atoms with Crippen molar-refractivity contribution >= 4 is 35.2 Å². The molecule has 0 saturated heterocycles. The average molecular weight is 272 g/mol. The van der Waals surface area contributed by atoms with Crippen molar-refractivity contribution in [3.05, 3.63) is 28.8 Å². The van der Waals surface area contributed by atoms with Gasteiger partial charge in [-0.3, -0.25) is 10.1 Å². The minimum absolute atomic E-state index is 0.0361. The molecule has 1 aromatic rings. The molecular weight excluding hydrogens is 262 g/mol. The number of amides is 3. The Kier molecular flexibility index (Phi) is 4.50. The molecule has 96 valence electrons. The van der Waals surface area contributed by atoms with Gasteiger partial charge in [0.2, 0.25) is 0 Å². The smallest absolute Gasteiger partial charge is 0.342 e. The van der Waals surface area contributed by atoms with Gasteiger partial charge in [-0.15, -0.1) is 0 Å². The highest BCUT2D eigenvalue weighted by atomic mass is 35.5. The summed E-state index contributed by atoms with van der Waals surface area (Å²) in [7, 11) is 0. The number of benzene rings is 1. The van der Waals surface area contributed by atoms with Crippen LogP contribution in [0.1, 0.15) is 10.4 Å². The number of hydrogen-bond donors (Lipinski definition) is 3. The van der Waals surface area contributed by atoms with E-state index < -0.39 is 24.5 Å². The van der Waals surface area contributed by atoms with Gasteiger partial charge in [0.05, 0.1) is 5.02 Å². The molecular formula is C10H10ClN3O4. The predicted molar refractivity (Wildman–Crippen MR) is 63.9 cm³/mol. The predicted octanol–water partition coefficient (Wildman–Crippen LogP) is 0.274. The Morgan fingerprint density at radius 1 is 1.33 bits per heavy atom. The van der Waals surface area contributed by atoms with Gasteiger partial charge in [-0.25, -0.2) is 9.59 Å². The van der Waals surface area contributed by atoms with Crippen molar-refractivity contribution in [3.8, 4) is 0 Å². The number of nitrogens with one attached hydrogen (secondary N) is 1. The largest absolute Gasteiger partial charge is 0.452 e. The number of urea groups is 1. The lowest BCUT2D eigenvalue weighted by atomic mass is 10.2. The highest BCUT2D eigenvalue weighted by molar-refractivity contribution is 6.34. The van der Waals surface area contributed by atoms with Gasteiger partial charge in [0, 0.05) is 5.69 Å². The fourth-order valence-electron chi connectivity index (χ4n) is 1.13. The van der Waals surface area contributed by atoms with Crippen LogP contribution in [0.15, 0.2) is 18.2 Å². The Morgan fingerprint density at radius 3 is 2.56 bits per heavy atom. The molecule has 0 aromatic heterocycles. The van der Waals surface area contributed by atoms with E-state index in [1.54, 1.807) is 11.4 Å². The van der Waals surface area contributed by atoms with Crippen LogP contribution >= 0.6 is 11.6 Å². The Morgan fingerprint density at radius 2 is 2.00 bits per heavy atom. The molecule has 0 radical (unpaired) electrons. The number of hydrogen-bond acceptors (Lipinski definition) is 5. The molecule has 1 aromatic carbocycles. The van der Waals surface area contributed by atoms with E-state index in [-0.39, 0.29) is 16.3 Å². The molecule has 0 fully saturated rings. The van der Waals surface area contributed by atoms with Crippen LogP contribution in [0.25, 0.3) is 0 Å². The van der Waals surface area contributed by atoms with Gasteiger partial charge in [0.25, 0.3) is 5.91 Å². The van der Waals surface area contributed by atoms with Gasteiger partial charge < -0.3 is 16.2 Å². The summed E-state index contributed by atoms with van der Waals surface area (Å²) in [6, 6.07) is 3.45. The summed E-state index contributed by atoms with van der Waals surface area (Å²) in [5.74, 6) is -1.71. The minimum atomic E-state index is -1.03. The van der Waals surface area contributed by atoms with Crippen molar-refractivity contribution in [2.75, 3.05) is 12.3 Å². The van der Waals surface area contributed by atoms with E-state index in [9.17, 15) is 14.4 Å². The standard InChI is InChI=1S/C10H10ClN3O4/c11-5-2-1-3-6(12)8(5)9(16)18-4-7(15)14-10(13)17/h1-3H,4,12H2,(H3,13,14,15,17). The first-order chi connectivity index (χ1) is 8.41. The highest BCUT2D eigenvalue weighted by Gasteiger charge is 2.17. The first kappa shape index (κ1) is 13.8. The summed E-state index contributed by atoms with van der Waals surface area (Å²) in [6.07, 6.45) is 0. The van der Waals surface area contributed by atoms with Crippen molar-refractivity contribution in [1.29, 1.82) is 0 Å². The van der Waals surface area contributed by atoms with Crippen LogP contribution in [-0.4, -0.2) is 24.5 Å². The topological polar surface area (TPSA) is 125 Å². The zero-order valence-electron chi connectivity index (χ0n) is 9.10. The molecule has 0 spiro atoms. The van der Waals surface area contributed by atoms with Gasteiger partial charge >= 0.3 is 12.0 Å². The van der Waals surface area contributed by atoms with Crippen LogP contribution in [0.3, 0.4) is 0 Å². The number of anilines is 1. The maximum absolute atomic E-state index is 11.6. The number of carbonyl (C=O) groups is 3. The van der Waals surface area contributed by atoms with Crippen molar-refractivity contribution < 1.29 is 19.1 Å². The van der Waals surface area contributed by atoms with Gasteiger partial charge in [-0.1, -0.05) is 17.7 Å². The van der Waals surface area contributed by atoms with Crippen molar-refractivity contribution in [1.82, 2.24) is 5.32 Å². The van der Waals surface area contributed by atoms with Crippen molar-refractivity contribution in [3.63, 3.8) is 0 Å². The Bertz CT molecular complexity index is 484. The monoisotopic (exact) mass is 271 g/mol. The quantitative estimate of drug-likeness (QED) is 0.538. The molecule has 7 nitrogen and oxygen atoms in total. The number of nitrogen functional groups attached to an aromatic ring is 1. The summed E-state index contributed by atoms with van der Waals surface area (Å²) in [5, 5.41) is 1.84. The number of halogens is 1. The number of ether oxygens (including phenoxy) is 1. The maximum atomic E-state index is 11.6. The van der Waals surface area contributed by atoms with Crippen molar-refractivity contribution in [2.45, 2.75) is 0 Å². The Labute approximate surface area is 107 Å². The molecule has 0 saturated carbocycles. The second-order valence-electron chi connectivity index (χ2n) is 3.19. The lowest BCUT2D eigenvalue weighted by Crippen LogP contribution is -2.37. The second-order valence-corrected chi connectivity index (χ2v) is 3.60. The molecule has 0 unspecified atom stereocenters. The number of nitrogens with two attached hydrogens (primary N) is 2. The number of carbonyl (C=O) groups excluding carboxylic acids is 3. The van der Waals surface area contributed by atoms with E-state index in [0.717, 1.165) is 0 Å². The van der Waals surface area contributed by atoms with Crippen LogP contribution in [0.5, 0.6) is 0 Å². The first-order valence-corrected chi connectivity index (χ1v) is 5.10. The zero-order chi connectivity index (χ0) is 13.7. The van der Waals surface area contributed by atoms with E-state index in [1.165, 1.54) is 12.1 Å². The van der Waals surface area contributed by atoms with E-state index in [4.69, 9.17) is 23.1 Å². The Balaban J connectivity index is 2.66. The molecule has 18 heavy (non-hydrogen) atoms. The third-order valence-corrected chi connectivity index (χ3v) is 2.16. The average Bonchev–Trinajstić information content (AvgIpc) is 2.25. The summed E-state index contributed by atoms with van der Waals surface area (Å²) < 4.78 is 4.63. The van der Waals surface area contributed by atoms with E-state index in [2.05, 4.69) is 4.74 Å². The summed E-state index contributed by atoms with van der Waals surface area (Å²) in [4.78, 5) is 32.9. The molecule has 1 rings (SSSR count). The summed E-state index contributed by atoms with van der Waals surface area (Å²) in [5.41, 5.74) is 10.3. The van der Waals surface area contributed by atoms with Gasteiger partial charge in [-0.05, 0) is 12.1 Å². The molecule has 8 heteroatoms. The molecule has 0 aliphatic carbocycles. The van der Waals surface area contributed by atoms with Crippen molar-refractivity contribution in [2.24, 2.45) is 5.73 Å². The van der Waals surface area contributed by atoms with Crippen LogP contribution in [0.4, 0.5) is 10.5 Å². The van der Waals surface area contributed by atoms with Crippen LogP contribution in [0, 0.1) is 0 Å². The molecule has 5 N–H and O–H groups in total. The highest BCUT2D eigenvalue weighted by Crippen LogP contribution is 2.22. The van der Waals surface area contributed by atoms with Gasteiger partial charge in [0.15, 0.2) is 6.61 Å². The molecule has 0 bridgehead atoms. The number of primary amides is 1.